The first kappa shape index (κ1) is 19.5. The first-order valence-electron chi connectivity index (χ1n) is 8.29. The molecular weight excluding hydrogens is 328 g/mol. The quantitative estimate of drug-likeness (QED) is 0.628. The van der Waals surface area contributed by atoms with Gasteiger partial charge in [0.05, 0.1) is 24.4 Å². The van der Waals surface area contributed by atoms with Gasteiger partial charge in [0.1, 0.15) is 11.6 Å². The first-order chi connectivity index (χ1) is 11.7. The SMILES string of the molecule is CNC(=O)OCCCOc1ccc(B2OC(C)(C)C(C)(C)O2)c(F)c1. The van der Waals surface area contributed by atoms with Gasteiger partial charge in [-0.3, -0.25) is 0 Å². The molecule has 1 aliphatic rings. The van der Waals surface area contributed by atoms with Gasteiger partial charge in [-0.25, -0.2) is 9.18 Å². The molecule has 0 unspecified atom stereocenters. The molecule has 0 atom stereocenters. The molecule has 8 heteroatoms. The highest BCUT2D eigenvalue weighted by Gasteiger charge is 2.52. The Labute approximate surface area is 148 Å². The highest BCUT2D eigenvalue weighted by atomic mass is 19.1. The van der Waals surface area contributed by atoms with Crippen molar-refractivity contribution >= 4 is 18.7 Å². The topological polar surface area (TPSA) is 66.0 Å². The van der Waals surface area contributed by atoms with E-state index in [0.717, 1.165) is 0 Å². The third kappa shape index (κ3) is 4.64. The molecule has 0 aliphatic carbocycles. The Morgan fingerprint density at radius 3 is 2.40 bits per heavy atom. The second-order valence-corrected chi connectivity index (χ2v) is 6.86. The van der Waals surface area contributed by atoms with Crippen molar-refractivity contribution in [2.75, 3.05) is 20.3 Å². The van der Waals surface area contributed by atoms with E-state index < -0.39 is 30.2 Å². The molecule has 1 aliphatic heterocycles. The first-order valence-corrected chi connectivity index (χ1v) is 8.29. The molecule has 25 heavy (non-hydrogen) atoms. The number of benzene rings is 1. The van der Waals surface area contributed by atoms with Crippen LogP contribution in [-0.2, 0) is 14.0 Å². The molecule has 0 bridgehead atoms. The molecule has 0 radical (unpaired) electrons. The summed E-state index contributed by atoms with van der Waals surface area (Å²) in [5.41, 5.74) is -0.706. The minimum Gasteiger partial charge on any atom is -0.493 e. The van der Waals surface area contributed by atoms with Crippen molar-refractivity contribution < 1.29 is 28.0 Å². The molecule has 0 aromatic heterocycles. The maximum Gasteiger partial charge on any atom is 0.497 e. The number of halogens is 1. The van der Waals surface area contributed by atoms with Gasteiger partial charge in [-0.2, -0.15) is 0 Å². The number of nitrogens with one attached hydrogen (secondary N) is 1. The maximum atomic E-state index is 14.4. The molecular formula is C17H25BFNO5. The second kappa shape index (κ2) is 7.62. The van der Waals surface area contributed by atoms with Crippen LogP contribution in [0.2, 0.25) is 0 Å². The number of rotatable bonds is 6. The van der Waals surface area contributed by atoms with Gasteiger partial charge in [0, 0.05) is 25.0 Å². The summed E-state index contributed by atoms with van der Waals surface area (Å²) in [6, 6.07) is 4.58. The van der Waals surface area contributed by atoms with E-state index in [1.165, 1.54) is 13.1 Å². The van der Waals surface area contributed by atoms with E-state index in [4.69, 9.17) is 18.8 Å². The summed E-state index contributed by atoms with van der Waals surface area (Å²) in [6.07, 6.45) is 0.0198. The molecule has 1 aromatic rings. The van der Waals surface area contributed by atoms with Crippen LogP contribution < -0.4 is 15.5 Å². The summed E-state index contributed by atoms with van der Waals surface area (Å²) in [5.74, 6) is -0.0460. The molecule has 0 spiro atoms. The lowest BCUT2D eigenvalue weighted by Crippen LogP contribution is -2.41. The van der Waals surface area contributed by atoms with Crippen molar-refractivity contribution in [3.8, 4) is 5.75 Å². The van der Waals surface area contributed by atoms with E-state index >= 15 is 0 Å². The van der Waals surface area contributed by atoms with Gasteiger partial charge in [0.25, 0.3) is 0 Å². The smallest absolute Gasteiger partial charge is 0.493 e. The third-order valence-electron chi connectivity index (χ3n) is 4.47. The van der Waals surface area contributed by atoms with Crippen molar-refractivity contribution in [2.24, 2.45) is 0 Å². The van der Waals surface area contributed by atoms with Crippen LogP contribution in [0.25, 0.3) is 0 Å². The highest BCUT2D eigenvalue weighted by Crippen LogP contribution is 2.36. The molecule has 1 N–H and O–H groups in total. The summed E-state index contributed by atoms with van der Waals surface area (Å²) in [6.45, 7) is 8.22. The van der Waals surface area contributed by atoms with Crippen LogP contribution >= 0.6 is 0 Å². The second-order valence-electron chi connectivity index (χ2n) is 6.86. The van der Waals surface area contributed by atoms with Crippen LogP contribution in [0.5, 0.6) is 5.75 Å². The number of hydrogen-bond donors (Lipinski definition) is 1. The lowest BCUT2D eigenvalue weighted by molar-refractivity contribution is 0.00578. The standard InChI is InChI=1S/C17H25BFNO5/c1-16(2)17(3,4)25-18(24-16)13-8-7-12(11-14(13)19)22-9-6-10-23-15(21)20-5/h7-8,11H,6,9-10H2,1-5H3,(H,20,21). The summed E-state index contributed by atoms with van der Waals surface area (Å²) in [4.78, 5) is 10.9. The molecule has 1 heterocycles. The number of hydrogen-bond acceptors (Lipinski definition) is 5. The van der Waals surface area contributed by atoms with Crippen LogP contribution in [-0.4, -0.2) is 44.7 Å². The lowest BCUT2D eigenvalue weighted by Gasteiger charge is -2.32. The predicted molar refractivity (Wildman–Crippen MR) is 92.6 cm³/mol. The van der Waals surface area contributed by atoms with Gasteiger partial charge in [-0.05, 0) is 33.8 Å². The maximum absolute atomic E-state index is 14.4. The van der Waals surface area contributed by atoms with Crippen molar-refractivity contribution in [3.63, 3.8) is 0 Å². The van der Waals surface area contributed by atoms with E-state index in [2.05, 4.69) is 5.32 Å². The van der Waals surface area contributed by atoms with Crippen LogP contribution in [0, 0.1) is 5.82 Å². The molecule has 1 saturated heterocycles. The fourth-order valence-electron chi connectivity index (χ4n) is 2.24. The van der Waals surface area contributed by atoms with Crippen molar-refractivity contribution in [2.45, 2.75) is 45.3 Å². The highest BCUT2D eigenvalue weighted by molar-refractivity contribution is 6.62. The largest absolute Gasteiger partial charge is 0.497 e. The Kier molecular flexibility index (Phi) is 5.95. The number of carbonyl (C=O) groups excluding carboxylic acids is 1. The van der Waals surface area contributed by atoms with E-state index in [9.17, 15) is 9.18 Å². The van der Waals surface area contributed by atoms with Crippen molar-refractivity contribution in [1.29, 1.82) is 0 Å². The average Bonchev–Trinajstić information content (AvgIpc) is 2.74. The molecule has 0 saturated carbocycles. The van der Waals surface area contributed by atoms with Crippen LogP contribution in [0.4, 0.5) is 9.18 Å². The van der Waals surface area contributed by atoms with Gasteiger partial charge >= 0.3 is 13.2 Å². The molecule has 138 valence electrons. The van der Waals surface area contributed by atoms with Gasteiger partial charge in [-0.15, -0.1) is 0 Å². The van der Waals surface area contributed by atoms with E-state index in [1.807, 2.05) is 27.7 Å². The minimum atomic E-state index is -0.750. The molecule has 1 fully saturated rings. The lowest BCUT2D eigenvalue weighted by atomic mass is 9.78. The number of alkyl carbamates (subject to hydrolysis) is 1. The van der Waals surface area contributed by atoms with Crippen molar-refractivity contribution in [1.82, 2.24) is 5.32 Å². The van der Waals surface area contributed by atoms with Crippen LogP contribution in [0.15, 0.2) is 18.2 Å². The van der Waals surface area contributed by atoms with Gasteiger partial charge in [-0.1, -0.05) is 6.07 Å². The molecule has 2 rings (SSSR count). The normalized spacial score (nSPS) is 18.1. The van der Waals surface area contributed by atoms with Crippen LogP contribution in [0.3, 0.4) is 0 Å². The fourth-order valence-corrected chi connectivity index (χ4v) is 2.24. The van der Waals surface area contributed by atoms with Gasteiger partial charge in [0.15, 0.2) is 0 Å². The van der Waals surface area contributed by atoms with Gasteiger partial charge < -0.3 is 24.1 Å². The Hall–Kier alpha value is -1.80. The minimum absolute atomic E-state index is 0.230. The number of carbonyl (C=O) groups is 1. The summed E-state index contributed by atoms with van der Waals surface area (Å²) in [7, 11) is 0.739. The van der Waals surface area contributed by atoms with Gasteiger partial charge in [0.2, 0.25) is 0 Å². The Bertz CT molecular complexity index is 607. The summed E-state index contributed by atoms with van der Waals surface area (Å²) in [5, 5.41) is 2.35. The monoisotopic (exact) mass is 353 g/mol. The summed E-state index contributed by atoms with van der Waals surface area (Å²) >= 11 is 0. The predicted octanol–water partition coefficient (Wildman–Crippen LogP) is 2.25. The average molecular weight is 353 g/mol. The zero-order valence-electron chi connectivity index (χ0n) is 15.3. The van der Waals surface area contributed by atoms with Crippen LogP contribution in [0.1, 0.15) is 34.1 Å². The Balaban J connectivity index is 1.90. The van der Waals surface area contributed by atoms with E-state index in [0.29, 0.717) is 24.2 Å². The fraction of sp³-hybridized carbons (Fsp3) is 0.588. The number of ether oxygens (including phenoxy) is 2. The Morgan fingerprint density at radius 1 is 1.20 bits per heavy atom. The number of amides is 1. The third-order valence-corrected chi connectivity index (χ3v) is 4.47. The Morgan fingerprint density at radius 2 is 1.84 bits per heavy atom. The zero-order valence-corrected chi connectivity index (χ0v) is 15.3. The zero-order chi connectivity index (χ0) is 18.7. The van der Waals surface area contributed by atoms with E-state index in [1.54, 1.807) is 12.1 Å². The molecule has 6 nitrogen and oxygen atoms in total. The van der Waals surface area contributed by atoms with Crippen molar-refractivity contribution in [3.05, 3.63) is 24.0 Å². The van der Waals surface area contributed by atoms with E-state index in [-0.39, 0.29) is 6.61 Å². The summed E-state index contributed by atoms with van der Waals surface area (Å²) < 4.78 is 36.4. The molecule has 1 aromatic carbocycles. The molecule has 1 amide bonds.